The Bertz CT molecular complexity index is 1200. The smallest absolute Gasteiger partial charge is 0.316 e. The number of amides is 1. The van der Waals surface area contributed by atoms with Gasteiger partial charge in [-0.3, -0.25) is 14.4 Å². The standard InChI is InChI=1S/C20H18FN3O3S/c1-2-24-16-5-3-11(9-15(16)23-19(26)20(24)27)18(25)22-14-7-8-28-17-6-4-12(21)10-13(14)17/h3-6,9-10,14H,2,7-8H2,1H3,(H,22,25)(H,23,26). The number of carbonyl (C=O) groups excluding carboxylic acids is 1. The number of nitrogens with zero attached hydrogens (tertiary/aromatic N) is 1. The molecule has 0 radical (unpaired) electrons. The highest BCUT2D eigenvalue weighted by Crippen LogP contribution is 2.36. The first-order valence-corrected chi connectivity index (χ1v) is 9.96. The van der Waals surface area contributed by atoms with Gasteiger partial charge in [-0.05, 0) is 55.3 Å². The van der Waals surface area contributed by atoms with Crippen LogP contribution in [0.3, 0.4) is 0 Å². The van der Waals surface area contributed by atoms with E-state index in [0.29, 0.717) is 29.6 Å². The topological polar surface area (TPSA) is 84.0 Å². The van der Waals surface area contributed by atoms with Crippen LogP contribution in [-0.4, -0.2) is 21.2 Å². The van der Waals surface area contributed by atoms with Gasteiger partial charge in [0.05, 0.1) is 17.1 Å². The van der Waals surface area contributed by atoms with Gasteiger partial charge in [-0.15, -0.1) is 11.8 Å². The molecule has 1 aliphatic heterocycles. The minimum Gasteiger partial charge on any atom is -0.345 e. The summed E-state index contributed by atoms with van der Waals surface area (Å²) in [5.41, 5.74) is 0.778. The Morgan fingerprint density at radius 1 is 1.29 bits per heavy atom. The van der Waals surface area contributed by atoms with Crippen molar-refractivity contribution in [1.29, 1.82) is 0 Å². The number of aromatic amines is 1. The molecule has 0 saturated heterocycles. The molecule has 3 aromatic rings. The number of nitrogens with one attached hydrogen (secondary N) is 2. The number of rotatable bonds is 3. The van der Waals surface area contributed by atoms with Crippen molar-refractivity contribution in [2.24, 2.45) is 0 Å². The van der Waals surface area contributed by atoms with Crippen LogP contribution in [0, 0.1) is 5.82 Å². The Hall–Kier alpha value is -2.87. The Balaban J connectivity index is 1.67. The summed E-state index contributed by atoms with van der Waals surface area (Å²) in [6.45, 7) is 2.13. The van der Waals surface area contributed by atoms with Crippen molar-refractivity contribution in [3.63, 3.8) is 0 Å². The number of hydrogen-bond donors (Lipinski definition) is 2. The lowest BCUT2D eigenvalue weighted by atomic mass is 10.0. The first-order valence-electron chi connectivity index (χ1n) is 8.98. The van der Waals surface area contributed by atoms with Gasteiger partial charge >= 0.3 is 11.1 Å². The summed E-state index contributed by atoms with van der Waals surface area (Å²) in [4.78, 5) is 40.1. The summed E-state index contributed by atoms with van der Waals surface area (Å²) < 4.78 is 15.0. The second-order valence-corrected chi connectivity index (χ2v) is 7.72. The van der Waals surface area contributed by atoms with Gasteiger partial charge in [0.2, 0.25) is 0 Å². The molecule has 2 heterocycles. The Morgan fingerprint density at radius 2 is 2.11 bits per heavy atom. The van der Waals surface area contributed by atoms with Crippen molar-refractivity contribution in [2.45, 2.75) is 30.8 Å². The predicted octanol–water partition coefficient (Wildman–Crippen LogP) is 2.82. The summed E-state index contributed by atoms with van der Waals surface area (Å²) >= 11 is 1.64. The van der Waals surface area contributed by atoms with E-state index in [4.69, 9.17) is 0 Å². The summed E-state index contributed by atoms with van der Waals surface area (Å²) in [7, 11) is 0. The highest BCUT2D eigenvalue weighted by Gasteiger charge is 2.23. The third kappa shape index (κ3) is 3.24. The highest BCUT2D eigenvalue weighted by atomic mass is 32.2. The van der Waals surface area contributed by atoms with Crippen molar-refractivity contribution in [2.75, 3.05) is 5.75 Å². The molecule has 1 unspecified atom stereocenters. The van der Waals surface area contributed by atoms with Crippen LogP contribution in [0.25, 0.3) is 11.0 Å². The number of aromatic nitrogens is 2. The molecule has 1 aromatic heterocycles. The number of aryl methyl sites for hydroxylation is 1. The van der Waals surface area contributed by atoms with E-state index in [9.17, 15) is 18.8 Å². The lowest BCUT2D eigenvalue weighted by Crippen LogP contribution is -2.36. The van der Waals surface area contributed by atoms with E-state index >= 15 is 0 Å². The van der Waals surface area contributed by atoms with Crippen LogP contribution in [0.4, 0.5) is 4.39 Å². The average molecular weight is 399 g/mol. The molecule has 0 fully saturated rings. The molecule has 0 saturated carbocycles. The minimum absolute atomic E-state index is 0.279. The normalized spacial score (nSPS) is 16.0. The number of carbonyl (C=O) groups is 1. The van der Waals surface area contributed by atoms with Gasteiger partial charge in [0.15, 0.2) is 0 Å². The molecule has 1 aliphatic rings. The summed E-state index contributed by atoms with van der Waals surface area (Å²) in [6, 6.07) is 9.16. The molecule has 144 valence electrons. The quantitative estimate of drug-likeness (QED) is 0.664. The molecule has 2 N–H and O–H groups in total. The Kier molecular flexibility index (Phi) is 4.80. The zero-order chi connectivity index (χ0) is 19.8. The molecular weight excluding hydrogens is 381 g/mol. The highest BCUT2D eigenvalue weighted by molar-refractivity contribution is 7.99. The van der Waals surface area contributed by atoms with Crippen molar-refractivity contribution in [3.05, 3.63) is 74.0 Å². The van der Waals surface area contributed by atoms with Crippen LogP contribution in [-0.2, 0) is 6.54 Å². The third-order valence-corrected chi connectivity index (χ3v) is 5.99. The van der Waals surface area contributed by atoms with E-state index in [1.54, 1.807) is 43.0 Å². The van der Waals surface area contributed by atoms with Crippen molar-refractivity contribution >= 4 is 28.7 Å². The van der Waals surface area contributed by atoms with E-state index in [2.05, 4.69) is 10.3 Å². The second-order valence-electron chi connectivity index (χ2n) is 6.58. The SMILES string of the molecule is CCn1c(=O)c(=O)[nH]c2cc(C(=O)NC3CCSc4ccc(F)cc43)ccc21. The molecule has 8 heteroatoms. The molecule has 28 heavy (non-hydrogen) atoms. The predicted molar refractivity (Wildman–Crippen MR) is 106 cm³/mol. The maximum atomic E-state index is 13.7. The van der Waals surface area contributed by atoms with E-state index in [0.717, 1.165) is 16.2 Å². The molecule has 0 bridgehead atoms. The largest absolute Gasteiger partial charge is 0.345 e. The fraction of sp³-hybridized carbons (Fsp3) is 0.250. The van der Waals surface area contributed by atoms with Crippen LogP contribution < -0.4 is 16.4 Å². The van der Waals surface area contributed by atoms with Crippen molar-refractivity contribution in [3.8, 4) is 0 Å². The Morgan fingerprint density at radius 3 is 2.89 bits per heavy atom. The summed E-state index contributed by atoms with van der Waals surface area (Å²) in [6.07, 6.45) is 0.701. The van der Waals surface area contributed by atoms with Gasteiger partial charge in [0, 0.05) is 22.8 Å². The number of H-pyrrole nitrogens is 1. The van der Waals surface area contributed by atoms with Crippen LogP contribution >= 0.6 is 11.8 Å². The summed E-state index contributed by atoms with van der Waals surface area (Å²) in [5, 5.41) is 2.96. The molecule has 1 atom stereocenters. The molecule has 4 rings (SSSR count). The van der Waals surface area contributed by atoms with Crippen LogP contribution in [0.2, 0.25) is 0 Å². The van der Waals surface area contributed by atoms with E-state index in [1.807, 2.05) is 0 Å². The molecule has 0 spiro atoms. The third-order valence-electron chi connectivity index (χ3n) is 4.87. The molecule has 6 nitrogen and oxygen atoms in total. The first kappa shape index (κ1) is 18.5. The van der Waals surface area contributed by atoms with Gasteiger partial charge < -0.3 is 14.9 Å². The van der Waals surface area contributed by atoms with Crippen LogP contribution in [0.15, 0.2) is 50.9 Å². The van der Waals surface area contributed by atoms with Gasteiger partial charge in [-0.2, -0.15) is 0 Å². The molecular formula is C20H18FN3O3S. The van der Waals surface area contributed by atoms with Crippen molar-refractivity contribution in [1.82, 2.24) is 14.9 Å². The van der Waals surface area contributed by atoms with E-state index in [-0.39, 0.29) is 17.8 Å². The number of benzene rings is 2. The van der Waals surface area contributed by atoms with E-state index in [1.165, 1.54) is 16.7 Å². The van der Waals surface area contributed by atoms with Crippen molar-refractivity contribution < 1.29 is 9.18 Å². The molecule has 2 aromatic carbocycles. The zero-order valence-corrected chi connectivity index (χ0v) is 15.9. The van der Waals surface area contributed by atoms with Crippen LogP contribution in [0.1, 0.15) is 35.3 Å². The minimum atomic E-state index is -0.722. The number of thioether (sulfide) groups is 1. The van der Waals surface area contributed by atoms with Gasteiger partial charge in [0.25, 0.3) is 5.91 Å². The number of hydrogen-bond acceptors (Lipinski definition) is 4. The second kappa shape index (κ2) is 7.27. The first-order chi connectivity index (χ1) is 13.5. The summed E-state index contributed by atoms with van der Waals surface area (Å²) in [5.74, 6) is 0.183. The fourth-order valence-electron chi connectivity index (χ4n) is 3.49. The number of fused-ring (bicyclic) bond motifs is 2. The van der Waals surface area contributed by atoms with Gasteiger partial charge in [0.1, 0.15) is 5.82 Å². The molecule has 1 amide bonds. The Labute approximate surface area is 163 Å². The maximum absolute atomic E-state index is 13.7. The van der Waals surface area contributed by atoms with Gasteiger partial charge in [-0.1, -0.05) is 0 Å². The lowest BCUT2D eigenvalue weighted by molar-refractivity contribution is 0.0935. The average Bonchev–Trinajstić information content (AvgIpc) is 2.69. The molecule has 0 aliphatic carbocycles. The number of halogens is 1. The van der Waals surface area contributed by atoms with E-state index < -0.39 is 11.1 Å². The maximum Gasteiger partial charge on any atom is 0.316 e. The monoisotopic (exact) mass is 399 g/mol. The lowest BCUT2D eigenvalue weighted by Gasteiger charge is -2.26. The van der Waals surface area contributed by atoms with Crippen LogP contribution in [0.5, 0.6) is 0 Å². The zero-order valence-electron chi connectivity index (χ0n) is 15.1. The van der Waals surface area contributed by atoms with Gasteiger partial charge in [-0.25, -0.2) is 4.39 Å². The fourth-order valence-corrected chi connectivity index (χ4v) is 4.60.